The second-order valence-corrected chi connectivity index (χ2v) is 14.8. The van der Waals surface area contributed by atoms with E-state index in [9.17, 15) is 0 Å². The van der Waals surface area contributed by atoms with E-state index in [0.717, 1.165) is 12.8 Å². The fraction of sp³-hybridized carbons (Fsp3) is 0.238. The van der Waals surface area contributed by atoms with Crippen molar-refractivity contribution in [2.24, 2.45) is 0 Å². The Kier molecular flexibility index (Phi) is 7.58. The van der Waals surface area contributed by atoms with Gasteiger partial charge in [-0.1, -0.05) is 106 Å². The van der Waals surface area contributed by atoms with Crippen LogP contribution in [-0.2, 0) is 19.3 Å². The van der Waals surface area contributed by atoms with Crippen molar-refractivity contribution in [3.05, 3.63) is 131 Å². The molecule has 2 heteroatoms. The number of hydrogen-bond donors (Lipinski definition) is 0. The molecule has 44 heavy (non-hydrogen) atoms. The van der Waals surface area contributed by atoms with Gasteiger partial charge in [0.2, 0.25) is 0 Å². The Morgan fingerprint density at radius 1 is 0.455 bits per heavy atom. The first-order chi connectivity index (χ1) is 21.7. The number of hydrogen-bond acceptors (Lipinski definition) is 2. The predicted molar refractivity (Wildman–Crippen MR) is 192 cm³/mol. The van der Waals surface area contributed by atoms with Gasteiger partial charge in [-0.3, -0.25) is 0 Å². The molecule has 0 saturated heterocycles. The smallest absolute Gasteiger partial charge is 0.0449 e. The molecule has 0 amide bonds. The quantitative estimate of drug-likeness (QED) is 0.136. The van der Waals surface area contributed by atoms with E-state index in [4.69, 9.17) is 0 Å². The minimum atomic E-state index is 1.04. The lowest BCUT2D eigenvalue weighted by Crippen LogP contribution is -1.89. The zero-order chi connectivity index (χ0) is 29.5. The van der Waals surface area contributed by atoms with Crippen LogP contribution in [0.25, 0.3) is 52.9 Å². The molecule has 0 unspecified atom stereocenters. The van der Waals surface area contributed by atoms with Crippen molar-refractivity contribution >= 4 is 22.7 Å². The van der Waals surface area contributed by atoms with E-state index in [0.29, 0.717) is 0 Å². The highest BCUT2D eigenvalue weighted by atomic mass is 32.1. The van der Waals surface area contributed by atoms with Gasteiger partial charge < -0.3 is 0 Å². The largest absolute Gasteiger partial charge is 0.134 e. The van der Waals surface area contributed by atoms with Crippen molar-refractivity contribution in [2.45, 2.75) is 64.7 Å². The molecule has 6 aromatic rings. The molecule has 0 aliphatic heterocycles. The Labute approximate surface area is 270 Å². The number of rotatable bonds is 10. The van der Waals surface area contributed by atoms with Gasteiger partial charge in [0.15, 0.2) is 0 Å². The highest BCUT2D eigenvalue weighted by Gasteiger charge is 2.21. The number of fused-ring (bicyclic) bond motifs is 6. The van der Waals surface area contributed by atoms with Gasteiger partial charge in [-0.25, -0.2) is 0 Å². The first-order valence-electron chi connectivity index (χ1n) is 16.4. The average Bonchev–Trinajstić information content (AvgIpc) is 3.86. The first kappa shape index (κ1) is 27.8. The molecular formula is C42H38S2. The third-order valence-electron chi connectivity index (χ3n) is 9.58. The van der Waals surface area contributed by atoms with Crippen LogP contribution in [0, 0.1) is 0 Å². The fourth-order valence-corrected chi connectivity index (χ4v) is 9.33. The van der Waals surface area contributed by atoms with Crippen molar-refractivity contribution < 1.29 is 0 Å². The lowest BCUT2D eigenvalue weighted by Gasteiger charge is -2.06. The van der Waals surface area contributed by atoms with Crippen LogP contribution in [0.15, 0.2) is 103 Å². The molecule has 0 radical (unpaired) electrons. The van der Waals surface area contributed by atoms with Crippen molar-refractivity contribution in [2.75, 3.05) is 0 Å². The third kappa shape index (κ3) is 5.29. The van der Waals surface area contributed by atoms with Crippen LogP contribution in [0.3, 0.4) is 0 Å². The van der Waals surface area contributed by atoms with Gasteiger partial charge >= 0.3 is 0 Å². The number of aryl methyl sites for hydroxylation is 1. The summed E-state index contributed by atoms with van der Waals surface area (Å²) in [7, 11) is 0. The average molecular weight is 607 g/mol. The molecule has 0 saturated carbocycles. The van der Waals surface area contributed by atoms with Crippen LogP contribution < -0.4 is 0 Å². The lowest BCUT2D eigenvalue weighted by atomic mass is 9.99. The maximum atomic E-state index is 2.48. The summed E-state index contributed by atoms with van der Waals surface area (Å²) in [6.07, 6.45) is 11.5. The van der Waals surface area contributed by atoms with E-state index in [2.05, 4.69) is 110 Å². The molecule has 2 heterocycles. The summed E-state index contributed by atoms with van der Waals surface area (Å²) in [6.45, 7) is 2.29. The van der Waals surface area contributed by atoms with Gasteiger partial charge in [-0.15, -0.1) is 22.7 Å². The van der Waals surface area contributed by atoms with Gasteiger partial charge in [0.05, 0.1) is 0 Å². The summed E-state index contributed by atoms with van der Waals surface area (Å²) in [5, 5.41) is 0. The number of benzene rings is 4. The van der Waals surface area contributed by atoms with Gasteiger partial charge in [0.1, 0.15) is 0 Å². The van der Waals surface area contributed by atoms with E-state index < -0.39 is 0 Å². The number of thiophene rings is 2. The van der Waals surface area contributed by atoms with Crippen molar-refractivity contribution in [3.63, 3.8) is 0 Å². The molecule has 0 fully saturated rings. The molecule has 4 aromatic carbocycles. The summed E-state index contributed by atoms with van der Waals surface area (Å²) < 4.78 is 0. The first-order valence-corrected chi connectivity index (χ1v) is 18.0. The van der Waals surface area contributed by atoms with Crippen molar-refractivity contribution in [3.8, 4) is 52.9 Å². The van der Waals surface area contributed by atoms with Gasteiger partial charge in [0.25, 0.3) is 0 Å². The minimum Gasteiger partial charge on any atom is -0.134 e. The number of unbranched alkanes of at least 4 members (excludes halogenated alkanes) is 5. The van der Waals surface area contributed by atoms with Crippen LogP contribution >= 0.6 is 22.7 Å². The van der Waals surface area contributed by atoms with Gasteiger partial charge in [-0.05, 0) is 123 Å². The summed E-state index contributed by atoms with van der Waals surface area (Å²) in [5.41, 5.74) is 15.7. The van der Waals surface area contributed by atoms with Crippen LogP contribution in [-0.4, -0.2) is 0 Å². The Hall–Kier alpha value is -3.72. The molecule has 0 spiro atoms. The SMILES string of the molecule is CCCCCCCCc1ccc2c(c1)Cc1cc(-c3ccc(-c4ccc(-c5ccc6c(c5)Cc5ccccc5-6)s4)s3)ccc1-2. The molecule has 2 aliphatic rings. The van der Waals surface area contributed by atoms with Crippen LogP contribution in [0.4, 0.5) is 0 Å². The highest BCUT2D eigenvalue weighted by molar-refractivity contribution is 7.25. The molecule has 0 N–H and O–H groups in total. The zero-order valence-electron chi connectivity index (χ0n) is 25.5. The monoisotopic (exact) mass is 606 g/mol. The third-order valence-corrected chi connectivity index (χ3v) is 12.0. The molecule has 0 nitrogen and oxygen atoms in total. The lowest BCUT2D eigenvalue weighted by molar-refractivity contribution is 0.607. The van der Waals surface area contributed by atoms with Gasteiger partial charge in [-0.2, -0.15) is 0 Å². The Morgan fingerprint density at radius 2 is 0.977 bits per heavy atom. The molecule has 0 atom stereocenters. The summed E-state index contributed by atoms with van der Waals surface area (Å²) >= 11 is 3.83. The zero-order valence-corrected chi connectivity index (χ0v) is 27.1. The molecule has 2 aliphatic carbocycles. The molecule has 218 valence electrons. The van der Waals surface area contributed by atoms with E-state index in [1.165, 1.54) is 126 Å². The van der Waals surface area contributed by atoms with Crippen LogP contribution in [0.2, 0.25) is 0 Å². The van der Waals surface area contributed by atoms with Crippen molar-refractivity contribution in [1.29, 1.82) is 0 Å². The molecule has 0 bridgehead atoms. The summed E-state index contributed by atoms with van der Waals surface area (Å²) in [5.74, 6) is 0. The van der Waals surface area contributed by atoms with Gasteiger partial charge in [0, 0.05) is 19.5 Å². The molecule has 8 rings (SSSR count). The second-order valence-electron chi connectivity index (χ2n) is 12.6. The Balaban J connectivity index is 0.959. The second kappa shape index (κ2) is 12.0. The van der Waals surface area contributed by atoms with E-state index in [1.54, 1.807) is 0 Å². The van der Waals surface area contributed by atoms with Crippen LogP contribution in [0.1, 0.15) is 73.3 Å². The van der Waals surface area contributed by atoms with E-state index in [1.807, 2.05) is 22.7 Å². The Morgan fingerprint density at radius 3 is 1.66 bits per heavy atom. The fourth-order valence-electron chi connectivity index (χ4n) is 7.23. The summed E-state index contributed by atoms with van der Waals surface area (Å²) in [4.78, 5) is 5.41. The highest BCUT2D eigenvalue weighted by Crippen LogP contribution is 2.44. The normalized spacial score (nSPS) is 12.7. The van der Waals surface area contributed by atoms with E-state index >= 15 is 0 Å². The maximum absolute atomic E-state index is 2.48. The van der Waals surface area contributed by atoms with Crippen molar-refractivity contribution in [1.82, 2.24) is 0 Å². The Bertz CT molecular complexity index is 1970. The minimum absolute atomic E-state index is 1.04. The molecular weight excluding hydrogens is 569 g/mol. The van der Waals surface area contributed by atoms with Crippen LogP contribution in [0.5, 0.6) is 0 Å². The predicted octanol–water partition coefficient (Wildman–Crippen LogP) is 12.9. The van der Waals surface area contributed by atoms with E-state index in [-0.39, 0.29) is 0 Å². The standard InChI is InChI=1S/C42H38S2/c1-2-3-4-5-6-7-10-28-13-16-36-32(23-28)27-34-26-31(15-18-38(34)36)40-20-22-42(44-40)41-21-19-39(43-41)30-14-17-37-33(25-30)24-29-11-8-9-12-35(29)37/h8-9,11-23,25-26H,2-7,10,24,27H2,1H3. The topological polar surface area (TPSA) is 0 Å². The molecule has 2 aromatic heterocycles. The summed E-state index contributed by atoms with van der Waals surface area (Å²) in [6, 6.07) is 39.5. The maximum Gasteiger partial charge on any atom is 0.0449 e.